The third kappa shape index (κ3) is 1.21. The first-order chi connectivity index (χ1) is 6.22. The molecule has 2 N–H and O–H groups in total. The minimum Gasteiger partial charge on any atom is -0.330 e. The second-order valence-electron chi connectivity index (χ2n) is 3.28. The maximum Gasteiger partial charge on any atom is 0.123 e. The van der Waals surface area contributed by atoms with Crippen LogP contribution in [0.4, 0.5) is 0 Å². The minimum absolute atomic E-state index is 0.490. The van der Waals surface area contributed by atoms with Crippen LogP contribution in [0.5, 0.6) is 0 Å². The molecule has 13 heavy (non-hydrogen) atoms. The van der Waals surface area contributed by atoms with Gasteiger partial charge in [0, 0.05) is 7.05 Å². The van der Waals surface area contributed by atoms with E-state index in [9.17, 15) is 0 Å². The van der Waals surface area contributed by atoms with Crippen molar-refractivity contribution >= 4 is 11.0 Å². The molecule has 3 heteroatoms. The molecule has 0 bridgehead atoms. The largest absolute Gasteiger partial charge is 0.330 e. The maximum atomic E-state index is 5.57. The summed E-state index contributed by atoms with van der Waals surface area (Å²) in [6, 6.07) is 6.22. The lowest BCUT2D eigenvalue weighted by Gasteiger charge is -1.98. The number of benzene rings is 1. The Hall–Kier alpha value is -1.35. The van der Waals surface area contributed by atoms with E-state index in [0.717, 1.165) is 16.9 Å². The van der Waals surface area contributed by atoms with Gasteiger partial charge in [0.25, 0.3) is 0 Å². The highest BCUT2D eigenvalue weighted by molar-refractivity contribution is 5.76. The van der Waals surface area contributed by atoms with Gasteiger partial charge in [0.2, 0.25) is 0 Å². The van der Waals surface area contributed by atoms with Gasteiger partial charge in [-0.05, 0) is 24.6 Å². The molecule has 1 aromatic carbocycles. The van der Waals surface area contributed by atoms with E-state index in [0.29, 0.717) is 6.54 Å². The van der Waals surface area contributed by atoms with Gasteiger partial charge < -0.3 is 10.3 Å². The molecule has 68 valence electrons. The van der Waals surface area contributed by atoms with Gasteiger partial charge in [-0.1, -0.05) is 6.07 Å². The van der Waals surface area contributed by atoms with E-state index in [1.807, 2.05) is 17.7 Å². The van der Waals surface area contributed by atoms with E-state index in [1.165, 1.54) is 5.56 Å². The van der Waals surface area contributed by atoms with Gasteiger partial charge in [0.1, 0.15) is 5.82 Å². The van der Waals surface area contributed by atoms with Crippen LogP contribution in [-0.2, 0) is 13.6 Å². The van der Waals surface area contributed by atoms with E-state index >= 15 is 0 Å². The molecular weight excluding hydrogens is 162 g/mol. The average Bonchev–Trinajstić information content (AvgIpc) is 2.44. The lowest BCUT2D eigenvalue weighted by Crippen LogP contribution is -2.04. The monoisotopic (exact) mass is 175 g/mol. The molecule has 0 saturated heterocycles. The van der Waals surface area contributed by atoms with E-state index in [1.54, 1.807) is 0 Å². The lowest BCUT2D eigenvalue weighted by atomic mass is 10.2. The third-order valence-corrected chi connectivity index (χ3v) is 2.31. The summed E-state index contributed by atoms with van der Waals surface area (Å²) in [5, 5.41) is 0. The molecule has 1 aromatic heterocycles. The average molecular weight is 175 g/mol. The summed E-state index contributed by atoms with van der Waals surface area (Å²) in [5.41, 5.74) is 8.99. The molecule has 2 rings (SSSR count). The number of imidazole rings is 1. The van der Waals surface area contributed by atoms with Crippen LogP contribution < -0.4 is 5.73 Å². The maximum absolute atomic E-state index is 5.57. The van der Waals surface area contributed by atoms with E-state index < -0.39 is 0 Å². The molecule has 0 amide bonds. The van der Waals surface area contributed by atoms with Gasteiger partial charge in [0.15, 0.2) is 0 Å². The molecule has 2 aromatic rings. The van der Waals surface area contributed by atoms with Crippen molar-refractivity contribution in [3.05, 3.63) is 29.6 Å². The lowest BCUT2D eigenvalue weighted by molar-refractivity contribution is 0.813. The molecule has 1 heterocycles. The number of fused-ring (bicyclic) bond motifs is 1. The van der Waals surface area contributed by atoms with Crippen molar-refractivity contribution in [3.63, 3.8) is 0 Å². The fraction of sp³-hybridized carbons (Fsp3) is 0.300. The van der Waals surface area contributed by atoms with E-state index in [-0.39, 0.29) is 0 Å². The first-order valence-electron chi connectivity index (χ1n) is 4.34. The Morgan fingerprint density at radius 3 is 2.92 bits per heavy atom. The Morgan fingerprint density at radius 1 is 1.46 bits per heavy atom. The highest BCUT2D eigenvalue weighted by atomic mass is 15.1. The topological polar surface area (TPSA) is 43.8 Å². The molecule has 0 aliphatic heterocycles. The first kappa shape index (κ1) is 8.26. The van der Waals surface area contributed by atoms with Crippen molar-refractivity contribution in [2.24, 2.45) is 12.8 Å². The molecule has 0 aliphatic rings. The molecule has 0 atom stereocenters. The number of hydrogen-bond donors (Lipinski definition) is 1. The van der Waals surface area contributed by atoms with Crippen molar-refractivity contribution in [2.75, 3.05) is 0 Å². The van der Waals surface area contributed by atoms with E-state index in [4.69, 9.17) is 5.73 Å². The molecule has 0 unspecified atom stereocenters. The van der Waals surface area contributed by atoms with Crippen LogP contribution in [0.1, 0.15) is 11.4 Å². The van der Waals surface area contributed by atoms with Gasteiger partial charge in [-0.2, -0.15) is 0 Å². The quantitative estimate of drug-likeness (QED) is 0.710. The number of aryl methyl sites for hydroxylation is 2. The molecule has 0 spiro atoms. The summed E-state index contributed by atoms with van der Waals surface area (Å²) in [5.74, 6) is 0.931. The summed E-state index contributed by atoms with van der Waals surface area (Å²) in [4.78, 5) is 4.41. The molecular formula is C10H13N3. The predicted octanol–water partition coefficient (Wildman–Crippen LogP) is 1.34. The summed E-state index contributed by atoms with van der Waals surface area (Å²) in [6.07, 6.45) is 0. The van der Waals surface area contributed by atoms with Crippen LogP contribution >= 0.6 is 0 Å². The Bertz CT molecular complexity index is 443. The number of hydrogen-bond acceptors (Lipinski definition) is 2. The highest BCUT2D eigenvalue weighted by Crippen LogP contribution is 2.15. The Labute approximate surface area is 77.2 Å². The first-order valence-corrected chi connectivity index (χ1v) is 4.34. The van der Waals surface area contributed by atoms with Crippen LogP contribution in [0, 0.1) is 6.92 Å². The Kier molecular flexibility index (Phi) is 1.81. The normalized spacial score (nSPS) is 11.0. The number of nitrogens with two attached hydrogens (primary N) is 1. The summed E-state index contributed by atoms with van der Waals surface area (Å²) < 4.78 is 2.04. The van der Waals surface area contributed by atoms with Gasteiger partial charge in [0.05, 0.1) is 17.6 Å². The minimum atomic E-state index is 0.490. The summed E-state index contributed by atoms with van der Waals surface area (Å²) in [7, 11) is 2.00. The smallest absolute Gasteiger partial charge is 0.123 e. The van der Waals surface area contributed by atoms with Crippen molar-refractivity contribution in [1.82, 2.24) is 9.55 Å². The van der Waals surface area contributed by atoms with Crippen LogP contribution in [-0.4, -0.2) is 9.55 Å². The van der Waals surface area contributed by atoms with Crippen molar-refractivity contribution in [2.45, 2.75) is 13.5 Å². The Balaban J connectivity index is 2.77. The SMILES string of the molecule is Cc1ccc2nc(CN)n(C)c2c1. The number of nitrogens with zero attached hydrogens (tertiary/aromatic N) is 2. The van der Waals surface area contributed by atoms with Gasteiger partial charge >= 0.3 is 0 Å². The standard InChI is InChI=1S/C10H13N3/c1-7-3-4-8-9(5-7)13(2)10(6-11)12-8/h3-5H,6,11H2,1-2H3. The molecule has 0 aliphatic carbocycles. The zero-order chi connectivity index (χ0) is 9.42. The number of rotatable bonds is 1. The third-order valence-electron chi connectivity index (χ3n) is 2.31. The van der Waals surface area contributed by atoms with Crippen LogP contribution in [0.3, 0.4) is 0 Å². The Morgan fingerprint density at radius 2 is 2.23 bits per heavy atom. The second-order valence-corrected chi connectivity index (χ2v) is 3.28. The molecule has 0 saturated carbocycles. The highest BCUT2D eigenvalue weighted by Gasteiger charge is 2.04. The second kappa shape index (κ2) is 2.85. The predicted molar refractivity (Wildman–Crippen MR) is 53.3 cm³/mol. The van der Waals surface area contributed by atoms with Crippen molar-refractivity contribution in [3.8, 4) is 0 Å². The molecule has 0 fully saturated rings. The zero-order valence-corrected chi connectivity index (χ0v) is 7.91. The van der Waals surface area contributed by atoms with Crippen LogP contribution in [0.15, 0.2) is 18.2 Å². The van der Waals surface area contributed by atoms with Crippen molar-refractivity contribution in [1.29, 1.82) is 0 Å². The van der Waals surface area contributed by atoms with E-state index in [2.05, 4.69) is 24.0 Å². The fourth-order valence-electron chi connectivity index (χ4n) is 1.53. The number of aromatic nitrogens is 2. The fourth-order valence-corrected chi connectivity index (χ4v) is 1.53. The van der Waals surface area contributed by atoms with Crippen molar-refractivity contribution < 1.29 is 0 Å². The van der Waals surface area contributed by atoms with Gasteiger partial charge in [-0.3, -0.25) is 0 Å². The summed E-state index contributed by atoms with van der Waals surface area (Å²) in [6.45, 7) is 2.57. The van der Waals surface area contributed by atoms with Crippen LogP contribution in [0.2, 0.25) is 0 Å². The van der Waals surface area contributed by atoms with Gasteiger partial charge in [-0.25, -0.2) is 4.98 Å². The van der Waals surface area contributed by atoms with Crippen LogP contribution in [0.25, 0.3) is 11.0 Å². The zero-order valence-electron chi connectivity index (χ0n) is 7.91. The summed E-state index contributed by atoms with van der Waals surface area (Å²) >= 11 is 0. The molecule has 0 radical (unpaired) electrons. The molecule has 3 nitrogen and oxygen atoms in total. The van der Waals surface area contributed by atoms with Gasteiger partial charge in [-0.15, -0.1) is 0 Å².